The van der Waals surface area contributed by atoms with Crippen LogP contribution in [0.4, 0.5) is 5.69 Å². The van der Waals surface area contributed by atoms with Gasteiger partial charge in [0, 0.05) is 11.3 Å². The van der Waals surface area contributed by atoms with Crippen LogP contribution in [0.2, 0.25) is 0 Å². The number of benzene rings is 1. The van der Waals surface area contributed by atoms with E-state index in [9.17, 15) is 4.79 Å². The number of thiol groups is 1. The SMILES string of the molecule is C#Cc1cccc(NC(=O)C(C)S)c1. The van der Waals surface area contributed by atoms with Crippen LogP contribution in [0.25, 0.3) is 0 Å². The Labute approximate surface area is 89.1 Å². The summed E-state index contributed by atoms with van der Waals surface area (Å²) in [5.74, 6) is 2.36. The summed E-state index contributed by atoms with van der Waals surface area (Å²) in [6.45, 7) is 1.71. The topological polar surface area (TPSA) is 29.1 Å². The minimum absolute atomic E-state index is 0.137. The van der Waals surface area contributed by atoms with Crippen LogP contribution in [0, 0.1) is 12.3 Å². The van der Waals surface area contributed by atoms with Gasteiger partial charge in [-0.2, -0.15) is 12.6 Å². The first-order valence-electron chi connectivity index (χ1n) is 4.19. The third-order valence-electron chi connectivity index (χ3n) is 1.68. The number of hydrogen-bond donors (Lipinski definition) is 2. The predicted molar refractivity (Wildman–Crippen MR) is 61.5 cm³/mol. The van der Waals surface area contributed by atoms with Crippen molar-refractivity contribution in [1.82, 2.24) is 0 Å². The standard InChI is InChI=1S/C11H11NOS/c1-3-9-5-4-6-10(7-9)12-11(13)8(2)14/h1,4-8,14H,2H3,(H,12,13). The maximum atomic E-state index is 11.3. The molecule has 72 valence electrons. The van der Waals surface area contributed by atoms with Crippen LogP contribution in [-0.4, -0.2) is 11.2 Å². The van der Waals surface area contributed by atoms with Gasteiger partial charge >= 0.3 is 0 Å². The van der Waals surface area contributed by atoms with Crippen molar-refractivity contribution in [1.29, 1.82) is 0 Å². The summed E-state index contributed by atoms with van der Waals surface area (Å²) in [6.07, 6.45) is 5.23. The lowest BCUT2D eigenvalue weighted by Crippen LogP contribution is -2.20. The zero-order valence-electron chi connectivity index (χ0n) is 7.82. The van der Waals surface area contributed by atoms with Crippen molar-refractivity contribution in [3.8, 4) is 12.3 Å². The molecule has 0 spiro atoms. The van der Waals surface area contributed by atoms with Gasteiger partial charge < -0.3 is 5.32 Å². The zero-order chi connectivity index (χ0) is 10.6. The molecule has 1 aromatic rings. The number of amides is 1. The lowest BCUT2D eigenvalue weighted by molar-refractivity contribution is -0.115. The van der Waals surface area contributed by atoms with Crippen LogP contribution >= 0.6 is 12.6 Å². The third kappa shape index (κ3) is 2.82. The van der Waals surface area contributed by atoms with Crippen molar-refractivity contribution in [2.24, 2.45) is 0 Å². The van der Waals surface area contributed by atoms with Gasteiger partial charge in [-0.05, 0) is 25.1 Å². The number of terminal acetylenes is 1. The molecule has 1 N–H and O–H groups in total. The minimum Gasteiger partial charge on any atom is -0.325 e. The quantitative estimate of drug-likeness (QED) is 0.560. The normalized spacial score (nSPS) is 11.5. The first-order chi connectivity index (χ1) is 6.63. The average molecular weight is 205 g/mol. The summed E-state index contributed by atoms with van der Waals surface area (Å²) in [5, 5.41) is 2.38. The van der Waals surface area contributed by atoms with Gasteiger partial charge in [0.25, 0.3) is 0 Å². The second-order valence-electron chi connectivity index (χ2n) is 2.89. The molecule has 0 aromatic heterocycles. The van der Waals surface area contributed by atoms with E-state index in [2.05, 4.69) is 23.9 Å². The van der Waals surface area contributed by atoms with E-state index in [1.807, 2.05) is 0 Å². The molecule has 1 amide bonds. The number of nitrogens with one attached hydrogen (secondary N) is 1. The van der Waals surface area contributed by atoms with Crippen LogP contribution in [0.1, 0.15) is 12.5 Å². The van der Waals surface area contributed by atoms with E-state index in [4.69, 9.17) is 6.42 Å². The first-order valence-corrected chi connectivity index (χ1v) is 4.70. The summed E-state index contributed by atoms with van der Waals surface area (Å²) in [5.41, 5.74) is 1.45. The fourth-order valence-electron chi connectivity index (χ4n) is 0.933. The largest absolute Gasteiger partial charge is 0.325 e. The molecule has 1 atom stereocenters. The number of carbonyl (C=O) groups is 1. The average Bonchev–Trinajstić information content (AvgIpc) is 2.18. The highest BCUT2D eigenvalue weighted by atomic mass is 32.1. The molecule has 1 aromatic carbocycles. The Morgan fingerprint density at radius 2 is 2.36 bits per heavy atom. The Bertz CT molecular complexity index is 379. The van der Waals surface area contributed by atoms with Crippen molar-refractivity contribution in [2.45, 2.75) is 12.2 Å². The van der Waals surface area contributed by atoms with Gasteiger partial charge in [-0.15, -0.1) is 6.42 Å². The molecule has 0 radical (unpaired) electrons. The van der Waals surface area contributed by atoms with Gasteiger partial charge in [0.1, 0.15) is 0 Å². The molecule has 1 unspecified atom stereocenters. The maximum Gasteiger partial charge on any atom is 0.236 e. The van der Waals surface area contributed by atoms with E-state index in [1.165, 1.54) is 0 Å². The van der Waals surface area contributed by atoms with Crippen molar-refractivity contribution in [3.63, 3.8) is 0 Å². The van der Waals surface area contributed by atoms with Gasteiger partial charge in [-0.25, -0.2) is 0 Å². The van der Waals surface area contributed by atoms with Crippen LogP contribution < -0.4 is 5.32 Å². The molecule has 3 heteroatoms. The highest BCUT2D eigenvalue weighted by molar-refractivity contribution is 7.81. The lowest BCUT2D eigenvalue weighted by Gasteiger charge is -2.06. The van der Waals surface area contributed by atoms with Crippen molar-refractivity contribution >= 4 is 24.2 Å². The summed E-state index contributed by atoms with van der Waals surface area (Å²) >= 11 is 4.02. The third-order valence-corrected chi connectivity index (χ3v) is 1.91. The second-order valence-corrected chi connectivity index (χ2v) is 3.66. The van der Waals surface area contributed by atoms with E-state index in [-0.39, 0.29) is 11.2 Å². The Kier molecular flexibility index (Phi) is 3.61. The van der Waals surface area contributed by atoms with Gasteiger partial charge in [0.05, 0.1) is 5.25 Å². The van der Waals surface area contributed by atoms with Gasteiger partial charge in [-0.3, -0.25) is 4.79 Å². The Hall–Kier alpha value is -1.40. The number of rotatable bonds is 2. The van der Waals surface area contributed by atoms with Crippen LogP contribution in [-0.2, 0) is 4.79 Å². The second kappa shape index (κ2) is 4.73. The van der Waals surface area contributed by atoms with Gasteiger partial charge in [0.15, 0.2) is 0 Å². The van der Waals surface area contributed by atoms with Crippen molar-refractivity contribution in [2.75, 3.05) is 5.32 Å². The molecule has 14 heavy (non-hydrogen) atoms. The molecule has 0 heterocycles. The Morgan fingerprint density at radius 1 is 1.64 bits per heavy atom. The smallest absolute Gasteiger partial charge is 0.236 e. The van der Waals surface area contributed by atoms with Crippen LogP contribution in [0.3, 0.4) is 0 Å². The fourth-order valence-corrected chi connectivity index (χ4v) is 0.998. The molecule has 2 nitrogen and oxygen atoms in total. The lowest BCUT2D eigenvalue weighted by atomic mass is 10.2. The van der Waals surface area contributed by atoms with Gasteiger partial charge in [0.2, 0.25) is 5.91 Å². The zero-order valence-corrected chi connectivity index (χ0v) is 8.71. The van der Waals surface area contributed by atoms with Crippen molar-refractivity contribution < 1.29 is 4.79 Å². The monoisotopic (exact) mass is 205 g/mol. The van der Waals surface area contributed by atoms with E-state index in [0.29, 0.717) is 5.69 Å². The molecule has 0 saturated heterocycles. The number of anilines is 1. The highest BCUT2D eigenvalue weighted by Gasteiger charge is 2.07. The van der Waals surface area contributed by atoms with E-state index >= 15 is 0 Å². The number of hydrogen-bond acceptors (Lipinski definition) is 2. The Balaban J connectivity index is 2.78. The molecular formula is C11H11NOS. The Morgan fingerprint density at radius 3 is 2.93 bits per heavy atom. The summed E-state index contributed by atoms with van der Waals surface area (Å²) in [7, 11) is 0. The maximum absolute atomic E-state index is 11.3. The van der Waals surface area contributed by atoms with Crippen LogP contribution in [0.5, 0.6) is 0 Å². The summed E-state index contributed by atoms with van der Waals surface area (Å²) in [6, 6.07) is 7.14. The molecule has 0 saturated carbocycles. The van der Waals surface area contributed by atoms with Crippen molar-refractivity contribution in [3.05, 3.63) is 29.8 Å². The highest BCUT2D eigenvalue weighted by Crippen LogP contribution is 2.10. The summed E-state index contributed by atoms with van der Waals surface area (Å²) in [4.78, 5) is 11.3. The summed E-state index contributed by atoms with van der Waals surface area (Å²) < 4.78 is 0. The van der Waals surface area contributed by atoms with E-state index in [0.717, 1.165) is 5.56 Å². The van der Waals surface area contributed by atoms with Crippen LogP contribution in [0.15, 0.2) is 24.3 Å². The first kappa shape index (κ1) is 10.7. The molecule has 0 aliphatic rings. The number of carbonyl (C=O) groups excluding carboxylic acids is 1. The molecule has 0 fully saturated rings. The predicted octanol–water partition coefficient (Wildman–Crippen LogP) is 1.92. The van der Waals surface area contributed by atoms with Gasteiger partial charge in [-0.1, -0.05) is 12.0 Å². The van der Waals surface area contributed by atoms with E-state index < -0.39 is 0 Å². The molecule has 0 aliphatic carbocycles. The molecule has 0 aliphatic heterocycles. The van der Waals surface area contributed by atoms with E-state index in [1.54, 1.807) is 31.2 Å². The fraction of sp³-hybridized carbons (Fsp3) is 0.182. The minimum atomic E-state index is -0.329. The molecular weight excluding hydrogens is 194 g/mol. The molecule has 0 bridgehead atoms. The molecule has 1 rings (SSSR count).